The molecule has 0 saturated carbocycles. The van der Waals surface area contributed by atoms with Gasteiger partial charge in [-0.2, -0.15) is 0 Å². The molecule has 0 spiro atoms. The molecule has 0 aliphatic carbocycles. The number of ketones is 1. The third-order valence-corrected chi connectivity index (χ3v) is 5.73. The quantitative estimate of drug-likeness (QED) is 0.186. The molecule has 0 amide bonds. The van der Waals surface area contributed by atoms with Crippen LogP contribution in [0.1, 0.15) is 33.2 Å². The molecule has 0 aromatic heterocycles. The number of anilines is 1. The lowest BCUT2D eigenvalue weighted by Crippen LogP contribution is -2.06. The first kappa shape index (κ1) is 19.6. The van der Waals surface area contributed by atoms with E-state index in [9.17, 15) is 14.9 Å². The number of nitrogen functional groups attached to an aromatic ring is 1. The zero-order valence-corrected chi connectivity index (χ0v) is 16.2. The molecule has 0 aliphatic rings. The first-order valence-corrected chi connectivity index (χ1v) is 9.67. The Hall–Kier alpha value is -3.12. The van der Waals surface area contributed by atoms with E-state index < -0.39 is 4.92 Å². The number of nitrogens with two attached hydrogens (primary N) is 1. The van der Waals surface area contributed by atoms with Crippen LogP contribution in [0.25, 0.3) is 0 Å². The maximum Gasteiger partial charge on any atom is 0.269 e. The second kappa shape index (κ2) is 8.71. The Balaban J connectivity index is 1.93. The number of carbonyl (C=O) groups excluding carboxylic acids is 1. The number of nitro benzene ring substituents is 1. The van der Waals surface area contributed by atoms with Gasteiger partial charge in [0.2, 0.25) is 0 Å². The third kappa shape index (κ3) is 4.78. The lowest BCUT2D eigenvalue weighted by Gasteiger charge is -2.17. The van der Waals surface area contributed by atoms with Crippen molar-refractivity contribution in [3.8, 4) is 0 Å². The van der Waals surface area contributed by atoms with Gasteiger partial charge in [-0.05, 0) is 24.6 Å². The number of hydrogen-bond acceptors (Lipinski definition) is 5. The number of non-ortho nitro benzene ring substituents is 1. The largest absolute Gasteiger partial charge is 0.398 e. The Labute approximate surface area is 167 Å². The summed E-state index contributed by atoms with van der Waals surface area (Å²) in [5.74, 6) is -0.0153. The molecule has 2 N–H and O–H groups in total. The van der Waals surface area contributed by atoms with Gasteiger partial charge in [0.05, 0.1) is 4.92 Å². The van der Waals surface area contributed by atoms with Crippen molar-refractivity contribution < 1.29 is 9.72 Å². The normalized spacial score (nSPS) is 11.8. The zero-order valence-electron chi connectivity index (χ0n) is 15.4. The van der Waals surface area contributed by atoms with Crippen LogP contribution in [0.3, 0.4) is 0 Å². The van der Waals surface area contributed by atoms with E-state index in [-0.39, 0.29) is 23.1 Å². The molecule has 1 atom stereocenters. The Bertz CT molecular complexity index is 1000. The van der Waals surface area contributed by atoms with Crippen LogP contribution in [0, 0.1) is 17.0 Å². The highest BCUT2D eigenvalue weighted by Gasteiger charge is 2.21. The van der Waals surface area contributed by atoms with Crippen LogP contribution in [-0.2, 0) is 0 Å². The summed E-state index contributed by atoms with van der Waals surface area (Å²) in [6.45, 7) is 1.97. The van der Waals surface area contributed by atoms with Crippen molar-refractivity contribution >= 4 is 28.9 Å². The fourth-order valence-corrected chi connectivity index (χ4v) is 4.02. The highest BCUT2D eigenvalue weighted by atomic mass is 32.2. The van der Waals surface area contributed by atoms with E-state index in [1.54, 1.807) is 12.1 Å². The van der Waals surface area contributed by atoms with Gasteiger partial charge in [-0.1, -0.05) is 54.1 Å². The summed E-state index contributed by atoms with van der Waals surface area (Å²) < 4.78 is 0. The monoisotopic (exact) mass is 392 g/mol. The smallest absolute Gasteiger partial charge is 0.269 e. The van der Waals surface area contributed by atoms with Gasteiger partial charge in [0, 0.05) is 39.9 Å². The molecule has 3 aromatic rings. The first-order valence-electron chi connectivity index (χ1n) is 8.79. The second-order valence-corrected chi connectivity index (χ2v) is 7.73. The summed E-state index contributed by atoms with van der Waals surface area (Å²) in [4.78, 5) is 24.4. The van der Waals surface area contributed by atoms with Gasteiger partial charge < -0.3 is 5.73 Å². The summed E-state index contributed by atoms with van der Waals surface area (Å²) in [5, 5.41) is 10.9. The summed E-state index contributed by atoms with van der Waals surface area (Å²) in [6, 6.07) is 21.3. The lowest BCUT2D eigenvalue weighted by atomic mass is 10.0. The molecule has 0 fully saturated rings. The van der Waals surface area contributed by atoms with Crippen LogP contribution in [0.4, 0.5) is 11.4 Å². The molecule has 0 aliphatic heterocycles. The fraction of sp³-hybridized carbons (Fsp3) is 0.136. The van der Waals surface area contributed by atoms with Gasteiger partial charge in [0.1, 0.15) is 0 Å². The molecule has 0 heterocycles. The average molecular weight is 392 g/mol. The fourth-order valence-electron chi connectivity index (χ4n) is 2.83. The highest BCUT2D eigenvalue weighted by molar-refractivity contribution is 7.99. The van der Waals surface area contributed by atoms with Crippen LogP contribution >= 0.6 is 11.8 Å². The average Bonchev–Trinajstić information content (AvgIpc) is 2.69. The molecule has 6 heteroatoms. The van der Waals surface area contributed by atoms with E-state index in [0.717, 1.165) is 16.0 Å². The second-order valence-electron chi connectivity index (χ2n) is 6.49. The van der Waals surface area contributed by atoms with E-state index in [1.807, 2.05) is 55.5 Å². The molecular weight excluding hydrogens is 372 g/mol. The standard InChI is InChI=1S/C22H20N2O3S/c1-15-9-11-16(12-10-15)20(25)14-22(28-21-8-3-2-7-19(21)23)17-5-4-6-18(13-17)24(26)27/h2-13,22H,14,23H2,1H3/t22-/m1/s1. The van der Waals surface area contributed by atoms with Gasteiger partial charge in [0.15, 0.2) is 5.78 Å². The van der Waals surface area contributed by atoms with E-state index in [1.165, 1.54) is 23.9 Å². The first-order chi connectivity index (χ1) is 13.4. The minimum absolute atomic E-state index is 0.00641. The zero-order chi connectivity index (χ0) is 20.1. The summed E-state index contributed by atoms with van der Waals surface area (Å²) in [7, 11) is 0. The van der Waals surface area contributed by atoms with Gasteiger partial charge in [-0.25, -0.2) is 0 Å². The Morgan fingerprint density at radius 1 is 1.07 bits per heavy atom. The van der Waals surface area contributed by atoms with Crippen molar-refractivity contribution in [2.24, 2.45) is 0 Å². The van der Waals surface area contributed by atoms with Gasteiger partial charge in [-0.15, -0.1) is 11.8 Å². The molecular formula is C22H20N2O3S. The number of carbonyl (C=O) groups is 1. The topological polar surface area (TPSA) is 86.2 Å². The summed E-state index contributed by atoms with van der Waals surface area (Å²) in [5.41, 5.74) is 9.13. The Morgan fingerprint density at radius 2 is 1.79 bits per heavy atom. The van der Waals surface area contributed by atoms with Crippen LogP contribution in [0.15, 0.2) is 77.7 Å². The van der Waals surface area contributed by atoms with Gasteiger partial charge in [-0.3, -0.25) is 14.9 Å². The van der Waals surface area contributed by atoms with E-state index in [4.69, 9.17) is 5.73 Å². The third-order valence-electron chi connectivity index (χ3n) is 4.39. The van der Waals surface area contributed by atoms with Crippen molar-refractivity contribution in [2.75, 3.05) is 5.73 Å². The summed E-state index contributed by atoms with van der Waals surface area (Å²) >= 11 is 1.45. The number of nitro groups is 1. The predicted molar refractivity (Wildman–Crippen MR) is 113 cm³/mol. The molecule has 0 saturated heterocycles. The molecule has 142 valence electrons. The molecule has 0 unspecified atom stereocenters. The maximum atomic E-state index is 12.9. The minimum Gasteiger partial charge on any atom is -0.398 e. The SMILES string of the molecule is Cc1ccc(C(=O)C[C@@H](Sc2ccccc2N)c2cccc([N+](=O)[O-])c2)cc1. The van der Waals surface area contributed by atoms with Gasteiger partial charge in [0.25, 0.3) is 5.69 Å². The van der Waals surface area contributed by atoms with Gasteiger partial charge >= 0.3 is 0 Å². The lowest BCUT2D eigenvalue weighted by molar-refractivity contribution is -0.384. The molecule has 0 radical (unpaired) electrons. The number of hydrogen-bond donors (Lipinski definition) is 1. The van der Waals surface area contributed by atoms with E-state index in [0.29, 0.717) is 11.3 Å². The maximum absolute atomic E-state index is 12.9. The Kier molecular flexibility index (Phi) is 6.11. The molecule has 3 rings (SSSR count). The van der Waals surface area contributed by atoms with Crippen molar-refractivity contribution in [3.63, 3.8) is 0 Å². The van der Waals surface area contributed by atoms with Crippen LogP contribution in [0.5, 0.6) is 0 Å². The van der Waals surface area contributed by atoms with E-state index >= 15 is 0 Å². The predicted octanol–water partition coefficient (Wildman–Crippen LogP) is 5.59. The van der Waals surface area contributed by atoms with Crippen LogP contribution < -0.4 is 5.73 Å². The van der Waals surface area contributed by atoms with Crippen LogP contribution in [0.2, 0.25) is 0 Å². The molecule has 5 nitrogen and oxygen atoms in total. The number of nitrogens with zero attached hydrogens (tertiary/aromatic N) is 1. The van der Waals surface area contributed by atoms with Crippen molar-refractivity contribution in [1.29, 1.82) is 0 Å². The number of rotatable bonds is 7. The minimum atomic E-state index is -0.427. The van der Waals surface area contributed by atoms with Crippen LogP contribution in [-0.4, -0.2) is 10.7 Å². The number of thioether (sulfide) groups is 1. The highest BCUT2D eigenvalue weighted by Crippen LogP contribution is 2.41. The van der Waals surface area contributed by atoms with Crippen molar-refractivity contribution in [3.05, 3.63) is 99.6 Å². The number of aryl methyl sites for hydroxylation is 1. The number of Topliss-reactive ketones (excluding diaryl/α,β-unsaturated/α-hetero) is 1. The Morgan fingerprint density at radius 3 is 2.46 bits per heavy atom. The van der Waals surface area contributed by atoms with Crippen molar-refractivity contribution in [1.82, 2.24) is 0 Å². The van der Waals surface area contributed by atoms with Crippen molar-refractivity contribution in [2.45, 2.75) is 23.5 Å². The summed E-state index contributed by atoms with van der Waals surface area (Å²) in [6.07, 6.45) is 0.212. The molecule has 28 heavy (non-hydrogen) atoms. The van der Waals surface area contributed by atoms with E-state index in [2.05, 4.69) is 0 Å². The number of benzene rings is 3. The molecule has 0 bridgehead atoms. The number of para-hydroxylation sites is 1. The molecule has 3 aromatic carbocycles.